The van der Waals surface area contributed by atoms with Crippen LogP contribution in [0, 0.1) is 12.5 Å². The number of carbonyl (C=O) groups excluding carboxylic acids is 3. The molecule has 174 valence electrons. The highest BCUT2D eigenvalue weighted by atomic mass is 16.6. The van der Waals surface area contributed by atoms with Crippen LogP contribution in [0.15, 0.2) is 30.8 Å². The average Bonchev–Trinajstić information content (AvgIpc) is 2.66. The van der Waals surface area contributed by atoms with E-state index in [4.69, 9.17) is 11.2 Å². The smallest absolute Gasteiger partial charge is 0.408 e. The predicted octanol–water partition coefficient (Wildman–Crippen LogP) is 2.59. The third kappa shape index (κ3) is 8.08. The topological polar surface area (TPSA) is 108 Å². The fraction of sp³-hybridized carbons (Fsp3) is 0.458. The third-order valence-corrected chi connectivity index (χ3v) is 4.02. The number of aliphatic hydroxyl groups excluding tert-OH is 1. The molecule has 2 atom stereocenters. The Labute approximate surface area is 190 Å². The van der Waals surface area contributed by atoms with Gasteiger partial charge in [-0.05, 0) is 58.7 Å². The summed E-state index contributed by atoms with van der Waals surface area (Å²) in [4.78, 5) is 39.4. The van der Waals surface area contributed by atoms with Crippen LogP contribution in [-0.2, 0) is 14.3 Å². The fourth-order valence-electron chi connectivity index (χ4n) is 2.78. The predicted molar refractivity (Wildman–Crippen MR) is 123 cm³/mol. The number of benzene rings is 1. The molecule has 0 saturated carbocycles. The maximum atomic E-state index is 13.2. The lowest BCUT2D eigenvalue weighted by molar-refractivity contribution is -0.139. The number of nitrogens with one attached hydrogen (secondary N) is 2. The van der Waals surface area contributed by atoms with Crippen molar-refractivity contribution in [2.75, 3.05) is 6.61 Å². The number of amides is 3. The molecular weight excluding hydrogens is 410 g/mol. The van der Waals surface area contributed by atoms with Gasteiger partial charge in [-0.15, -0.1) is 0 Å². The van der Waals surface area contributed by atoms with Gasteiger partial charge in [-0.2, -0.15) is 0 Å². The second-order valence-electron chi connectivity index (χ2n) is 9.23. The molecule has 0 aromatic heterocycles. The summed E-state index contributed by atoms with van der Waals surface area (Å²) in [5.74, 6) is -1.35. The Kier molecular flexibility index (Phi) is 9.04. The van der Waals surface area contributed by atoms with E-state index in [9.17, 15) is 19.5 Å². The van der Waals surface area contributed by atoms with Crippen molar-refractivity contribution in [2.24, 2.45) is 0 Å². The zero-order valence-electron chi connectivity index (χ0n) is 19.6. The van der Waals surface area contributed by atoms with E-state index in [0.29, 0.717) is 5.56 Å². The minimum absolute atomic E-state index is 0.449. The van der Waals surface area contributed by atoms with Gasteiger partial charge in [0.15, 0.2) is 0 Å². The van der Waals surface area contributed by atoms with Crippen molar-refractivity contribution in [3.8, 4) is 12.5 Å². The van der Waals surface area contributed by atoms with E-state index in [2.05, 4.69) is 23.3 Å². The Morgan fingerprint density at radius 1 is 1.25 bits per heavy atom. The molecule has 0 aliphatic heterocycles. The van der Waals surface area contributed by atoms with Gasteiger partial charge in [0.25, 0.3) is 5.91 Å². The highest BCUT2D eigenvalue weighted by Crippen LogP contribution is 2.24. The Bertz CT molecular complexity index is 890. The van der Waals surface area contributed by atoms with E-state index in [1.54, 1.807) is 71.9 Å². The summed E-state index contributed by atoms with van der Waals surface area (Å²) in [6.45, 7) is 13.4. The molecule has 2 unspecified atom stereocenters. The number of nitrogens with zero attached hydrogens (tertiary/aromatic N) is 1. The van der Waals surface area contributed by atoms with E-state index in [0.717, 1.165) is 10.5 Å². The molecule has 0 heterocycles. The van der Waals surface area contributed by atoms with Crippen LogP contribution in [0.3, 0.4) is 0 Å². The van der Waals surface area contributed by atoms with Crippen molar-refractivity contribution in [2.45, 2.75) is 64.8 Å². The molecule has 0 aliphatic carbocycles. The summed E-state index contributed by atoms with van der Waals surface area (Å²) in [6.07, 6.45) is 6.34. The number of alkyl carbamates (subject to hydrolysis) is 1. The average molecular weight is 444 g/mol. The van der Waals surface area contributed by atoms with Crippen LogP contribution in [0.2, 0.25) is 0 Å². The van der Waals surface area contributed by atoms with Gasteiger partial charge in [-0.1, -0.05) is 37.3 Å². The summed E-state index contributed by atoms with van der Waals surface area (Å²) >= 11 is 0. The molecule has 1 aromatic carbocycles. The van der Waals surface area contributed by atoms with Crippen LogP contribution in [0.25, 0.3) is 6.08 Å². The molecule has 1 rings (SSSR count). The number of aliphatic hydroxyl groups is 1. The molecule has 0 spiro atoms. The zero-order chi connectivity index (χ0) is 24.7. The Morgan fingerprint density at radius 3 is 2.34 bits per heavy atom. The first-order valence-electron chi connectivity index (χ1n) is 10.2. The normalized spacial score (nSPS) is 13.2. The SMILES string of the molecule is C#CN(C(=O)C(CO)NC(=O)OC(C)(C)C)C(C(=O)NC(C)(C)C)c1cccc(C=C)c1. The molecule has 3 N–H and O–H groups in total. The zero-order valence-corrected chi connectivity index (χ0v) is 19.6. The summed E-state index contributed by atoms with van der Waals surface area (Å²) < 4.78 is 5.15. The lowest BCUT2D eigenvalue weighted by Crippen LogP contribution is -2.54. The Balaban J connectivity index is 3.36. The standard InChI is InChI=1S/C24H33N3O5/c1-9-16-12-11-13-17(14-16)19(20(29)26-23(3,4)5)27(10-2)21(30)18(15-28)25-22(31)32-24(6,7)8/h2,9,11-14,18-19,28H,1,15H2,3-8H3,(H,25,31)(H,26,29). The van der Waals surface area contributed by atoms with Gasteiger partial charge in [-0.25, -0.2) is 4.79 Å². The first-order chi connectivity index (χ1) is 14.7. The van der Waals surface area contributed by atoms with Crippen molar-refractivity contribution >= 4 is 24.0 Å². The Hall–Kier alpha value is -3.31. The largest absolute Gasteiger partial charge is 0.444 e. The maximum absolute atomic E-state index is 13.2. The van der Waals surface area contributed by atoms with Gasteiger partial charge in [0.1, 0.15) is 17.7 Å². The van der Waals surface area contributed by atoms with E-state index in [-0.39, 0.29) is 0 Å². The number of terminal acetylenes is 1. The van der Waals surface area contributed by atoms with E-state index in [1.807, 2.05) is 0 Å². The van der Waals surface area contributed by atoms with Crippen molar-refractivity contribution < 1.29 is 24.2 Å². The monoisotopic (exact) mass is 443 g/mol. The van der Waals surface area contributed by atoms with Crippen LogP contribution in [-0.4, -0.2) is 51.7 Å². The molecule has 8 heteroatoms. The molecule has 8 nitrogen and oxygen atoms in total. The van der Waals surface area contributed by atoms with E-state index in [1.165, 1.54) is 0 Å². The minimum Gasteiger partial charge on any atom is -0.444 e. The van der Waals surface area contributed by atoms with Crippen LogP contribution >= 0.6 is 0 Å². The van der Waals surface area contributed by atoms with Gasteiger partial charge >= 0.3 is 6.09 Å². The number of rotatable bonds is 7. The number of hydrogen-bond donors (Lipinski definition) is 3. The molecule has 1 aromatic rings. The van der Waals surface area contributed by atoms with Crippen LogP contribution < -0.4 is 10.6 Å². The number of ether oxygens (including phenoxy) is 1. The maximum Gasteiger partial charge on any atom is 0.408 e. The first-order valence-corrected chi connectivity index (χ1v) is 10.2. The van der Waals surface area contributed by atoms with Crippen LogP contribution in [0.5, 0.6) is 0 Å². The summed E-state index contributed by atoms with van der Waals surface area (Å²) in [6, 6.07) is 6.47. The summed E-state index contributed by atoms with van der Waals surface area (Å²) in [7, 11) is 0. The molecule has 0 fully saturated rings. The minimum atomic E-state index is -1.41. The van der Waals surface area contributed by atoms with Crippen molar-refractivity contribution in [1.29, 1.82) is 0 Å². The quantitative estimate of drug-likeness (QED) is 0.443. The van der Waals surface area contributed by atoms with E-state index < -0.39 is 47.7 Å². The van der Waals surface area contributed by atoms with E-state index >= 15 is 0 Å². The Morgan fingerprint density at radius 2 is 1.88 bits per heavy atom. The lowest BCUT2D eigenvalue weighted by Gasteiger charge is -2.32. The molecule has 32 heavy (non-hydrogen) atoms. The third-order valence-electron chi connectivity index (χ3n) is 4.02. The highest BCUT2D eigenvalue weighted by Gasteiger charge is 2.36. The van der Waals surface area contributed by atoms with Crippen LogP contribution in [0.1, 0.15) is 58.7 Å². The molecule has 0 bridgehead atoms. The van der Waals surface area contributed by atoms with Crippen molar-refractivity contribution in [3.63, 3.8) is 0 Å². The fourth-order valence-corrected chi connectivity index (χ4v) is 2.78. The highest BCUT2D eigenvalue weighted by molar-refractivity contribution is 5.93. The second-order valence-corrected chi connectivity index (χ2v) is 9.23. The second kappa shape index (κ2) is 10.8. The van der Waals surface area contributed by atoms with Crippen molar-refractivity contribution in [3.05, 3.63) is 42.0 Å². The van der Waals surface area contributed by atoms with Crippen molar-refractivity contribution in [1.82, 2.24) is 15.5 Å². The van der Waals surface area contributed by atoms with Gasteiger partial charge < -0.3 is 20.5 Å². The number of hydrogen-bond acceptors (Lipinski definition) is 5. The first kappa shape index (κ1) is 26.7. The van der Waals surface area contributed by atoms with Crippen LogP contribution in [0.4, 0.5) is 4.79 Å². The van der Waals surface area contributed by atoms with Gasteiger partial charge in [0.2, 0.25) is 5.91 Å². The van der Waals surface area contributed by atoms with Gasteiger partial charge in [0.05, 0.1) is 6.61 Å². The molecule has 0 aliphatic rings. The summed E-state index contributed by atoms with van der Waals surface area (Å²) in [5.41, 5.74) is -0.227. The molecule has 0 radical (unpaired) electrons. The lowest BCUT2D eigenvalue weighted by atomic mass is 9.99. The van der Waals surface area contributed by atoms with Gasteiger partial charge in [0, 0.05) is 11.6 Å². The molecule has 3 amide bonds. The van der Waals surface area contributed by atoms with Gasteiger partial charge in [-0.3, -0.25) is 14.5 Å². The summed E-state index contributed by atoms with van der Waals surface area (Å²) in [5, 5.41) is 14.9. The number of carbonyl (C=O) groups is 3. The molecule has 0 saturated heterocycles. The molecular formula is C24H33N3O5.